The van der Waals surface area contributed by atoms with E-state index in [1.54, 1.807) is 22.6 Å². The zero-order valence-corrected chi connectivity index (χ0v) is 19.7. The maximum absolute atomic E-state index is 13.0. The molecule has 0 saturated carbocycles. The van der Waals surface area contributed by atoms with Crippen LogP contribution in [0.25, 0.3) is 22.1 Å². The van der Waals surface area contributed by atoms with Gasteiger partial charge in [0.1, 0.15) is 12.4 Å². The van der Waals surface area contributed by atoms with Gasteiger partial charge in [0, 0.05) is 15.6 Å². The van der Waals surface area contributed by atoms with E-state index in [9.17, 15) is 4.79 Å². The summed E-state index contributed by atoms with van der Waals surface area (Å²) in [5, 5.41) is 1.15. The summed E-state index contributed by atoms with van der Waals surface area (Å²) in [7, 11) is 0. The summed E-state index contributed by atoms with van der Waals surface area (Å²) >= 11 is 13.8. The van der Waals surface area contributed by atoms with Crippen LogP contribution in [0.3, 0.4) is 0 Å². The molecular formula is C25H18Cl2N2O2S. The minimum absolute atomic E-state index is 0.0514. The van der Waals surface area contributed by atoms with E-state index in [4.69, 9.17) is 27.9 Å². The van der Waals surface area contributed by atoms with E-state index in [1.807, 2.05) is 49.4 Å². The molecule has 0 fully saturated rings. The molecule has 5 aromatic rings. The lowest BCUT2D eigenvalue weighted by Crippen LogP contribution is -2.22. The molecule has 0 saturated heterocycles. The van der Waals surface area contributed by atoms with E-state index in [2.05, 4.69) is 11.9 Å². The minimum Gasteiger partial charge on any atom is -0.489 e. The van der Waals surface area contributed by atoms with Gasteiger partial charge in [-0.2, -0.15) is 0 Å². The van der Waals surface area contributed by atoms with Crippen molar-refractivity contribution in [1.29, 1.82) is 0 Å². The van der Waals surface area contributed by atoms with Crippen molar-refractivity contribution in [2.45, 2.75) is 20.5 Å². The molecule has 0 aliphatic rings. The molecule has 0 bridgehead atoms. The quantitative estimate of drug-likeness (QED) is 0.318. The number of nitrogens with zero attached hydrogens (tertiary/aromatic N) is 2. The van der Waals surface area contributed by atoms with Crippen molar-refractivity contribution < 1.29 is 4.74 Å². The standard InChI is InChI=1S/C25H18Cl2N2O2S/c1-14-10-21-22(11-15(14)2)29-24(30)23(32-25(29)28-21)12-16-6-8-17(9-7-16)31-13-18-19(26)4-3-5-20(18)27/h3-12H,13H2,1-2H3. The predicted molar refractivity (Wildman–Crippen MR) is 132 cm³/mol. The first-order chi connectivity index (χ1) is 15.4. The van der Waals surface area contributed by atoms with Crippen molar-refractivity contribution in [1.82, 2.24) is 9.38 Å². The fourth-order valence-electron chi connectivity index (χ4n) is 3.56. The van der Waals surface area contributed by atoms with Crippen molar-refractivity contribution in [2.75, 3.05) is 0 Å². The molecule has 2 aromatic heterocycles. The van der Waals surface area contributed by atoms with Crippen molar-refractivity contribution in [3.05, 3.63) is 102 Å². The third kappa shape index (κ3) is 3.77. The molecule has 0 aliphatic carbocycles. The van der Waals surface area contributed by atoms with Crippen LogP contribution >= 0.6 is 34.5 Å². The summed E-state index contributed by atoms with van der Waals surface area (Å²) in [5.74, 6) is 0.693. The average Bonchev–Trinajstić information content (AvgIpc) is 3.25. The summed E-state index contributed by atoms with van der Waals surface area (Å²) in [4.78, 5) is 18.4. The van der Waals surface area contributed by atoms with Crippen molar-refractivity contribution in [2.24, 2.45) is 0 Å². The van der Waals surface area contributed by atoms with Crippen LogP contribution in [-0.4, -0.2) is 9.38 Å². The van der Waals surface area contributed by atoms with Gasteiger partial charge in [-0.15, -0.1) is 0 Å². The van der Waals surface area contributed by atoms with Gasteiger partial charge in [0.25, 0.3) is 5.56 Å². The molecule has 4 nitrogen and oxygen atoms in total. The summed E-state index contributed by atoms with van der Waals surface area (Å²) in [6.45, 7) is 4.37. The van der Waals surface area contributed by atoms with Crippen LogP contribution < -0.4 is 14.8 Å². The van der Waals surface area contributed by atoms with Gasteiger partial charge in [0.2, 0.25) is 0 Å². The van der Waals surface area contributed by atoms with E-state index in [0.29, 0.717) is 25.3 Å². The van der Waals surface area contributed by atoms with E-state index in [1.165, 1.54) is 16.9 Å². The van der Waals surface area contributed by atoms with Gasteiger partial charge < -0.3 is 4.74 Å². The topological polar surface area (TPSA) is 43.6 Å². The van der Waals surface area contributed by atoms with Gasteiger partial charge in [-0.3, -0.25) is 4.79 Å². The number of hydrogen-bond donors (Lipinski definition) is 0. The summed E-state index contributed by atoms with van der Waals surface area (Å²) in [6, 6.07) is 17.0. The Labute approximate surface area is 198 Å². The van der Waals surface area contributed by atoms with E-state index >= 15 is 0 Å². The first-order valence-corrected chi connectivity index (χ1v) is 11.6. The number of hydrogen-bond acceptors (Lipinski definition) is 4. The average molecular weight is 481 g/mol. The first kappa shape index (κ1) is 21.0. The largest absolute Gasteiger partial charge is 0.489 e. The number of ether oxygens (including phenoxy) is 1. The van der Waals surface area contributed by atoms with Gasteiger partial charge in [-0.05, 0) is 73.0 Å². The normalized spacial score (nSPS) is 12.2. The summed E-state index contributed by atoms with van der Waals surface area (Å²) in [5.41, 5.74) is 5.62. The number of imidazole rings is 1. The Hall–Kier alpha value is -2.86. The molecule has 7 heteroatoms. The zero-order valence-electron chi connectivity index (χ0n) is 17.4. The fraction of sp³-hybridized carbons (Fsp3) is 0.120. The Kier molecular flexibility index (Phi) is 5.41. The Bertz CT molecular complexity index is 1570. The molecule has 160 valence electrons. The first-order valence-electron chi connectivity index (χ1n) is 10.0. The second kappa shape index (κ2) is 8.24. The predicted octanol–water partition coefficient (Wildman–Crippen LogP) is 5.96. The van der Waals surface area contributed by atoms with E-state index in [-0.39, 0.29) is 12.2 Å². The van der Waals surface area contributed by atoms with Crippen LogP contribution in [0.5, 0.6) is 5.75 Å². The molecule has 3 aromatic carbocycles. The summed E-state index contributed by atoms with van der Waals surface area (Å²) in [6.07, 6.45) is 1.88. The lowest BCUT2D eigenvalue weighted by molar-refractivity contribution is 0.306. The molecule has 0 radical (unpaired) electrons. The molecule has 0 unspecified atom stereocenters. The van der Waals surface area contributed by atoms with Gasteiger partial charge in [0.15, 0.2) is 4.96 Å². The summed E-state index contributed by atoms with van der Waals surface area (Å²) < 4.78 is 8.17. The van der Waals surface area contributed by atoms with E-state index in [0.717, 1.165) is 27.7 Å². The molecule has 5 rings (SSSR count). The van der Waals surface area contributed by atoms with Crippen LogP contribution in [-0.2, 0) is 6.61 Å². The molecule has 0 atom stereocenters. The monoisotopic (exact) mass is 480 g/mol. The number of fused-ring (bicyclic) bond motifs is 3. The molecule has 32 heavy (non-hydrogen) atoms. The number of aryl methyl sites for hydroxylation is 2. The SMILES string of the molecule is Cc1cc2nc3sc(=Cc4ccc(OCc5c(Cl)cccc5Cl)cc4)c(=O)n3c2cc1C. The van der Waals surface area contributed by atoms with Crippen LogP contribution in [0.15, 0.2) is 59.4 Å². The maximum Gasteiger partial charge on any atom is 0.274 e. The van der Waals surface area contributed by atoms with Gasteiger partial charge in [0.05, 0.1) is 15.6 Å². The van der Waals surface area contributed by atoms with E-state index < -0.39 is 0 Å². The molecule has 0 spiro atoms. The highest BCUT2D eigenvalue weighted by atomic mass is 35.5. The Morgan fingerprint density at radius 3 is 2.44 bits per heavy atom. The van der Waals surface area contributed by atoms with Gasteiger partial charge >= 0.3 is 0 Å². The highest BCUT2D eigenvalue weighted by Crippen LogP contribution is 2.26. The second-order valence-corrected chi connectivity index (χ2v) is 9.45. The number of benzene rings is 3. The van der Waals surface area contributed by atoms with Crippen LogP contribution in [0, 0.1) is 13.8 Å². The minimum atomic E-state index is -0.0514. The Morgan fingerprint density at radius 1 is 1.03 bits per heavy atom. The fourth-order valence-corrected chi connectivity index (χ4v) is 5.05. The van der Waals surface area contributed by atoms with Crippen molar-refractivity contribution in [3.8, 4) is 5.75 Å². The molecule has 0 N–H and O–H groups in total. The molecule has 2 heterocycles. The maximum atomic E-state index is 13.0. The number of rotatable bonds is 4. The number of aromatic nitrogens is 2. The number of halogens is 2. The Morgan fingerprint density at radius 2 is 1.72 bits per heavy atom. The lowest BCUT2D eigenvalue weighted by Gasteiger charge is -2.09. The highest BCUT2D eigenvalue weighted by Gasteiger charge is 2.12. The Balaban J connectivity index is 1.43. The molecule has 0 aliphatic heterocycles. The number of thiazole rings is 1. The van der Waals surface area contributed by atoms with Crippen LogP contribution in [0.4, 0.5) is 0 Å². The van der Waals surface area contributed by atoms with Crippen molar-refractivity contribution >= 4 is 56.6 Å². The smallest absolute Gasteiger partial charge is 0.274 e. The third-order valence-electron chi connectivity index (χ3n) is 5.48. The molecule has 0 amide bonds. The molecular weight excluding hydrogens is 463 g/mol. The highest BCUT2D eigenvalue weighted by molar-refractivity contribution is 7.15. The van der Waals surface area contributed by atoms with Crippen LogP contribution in [0.1, 0.15) is 22.3 Å². The third-order valence-corrected chi connectivity index (χ3v) is 7.15. The zero-order chi connectivity index (χ0) is 22.4. The van der Waals surface area contributed by atoms with Crippen molar-refractivity contribution in [3.63, 3.8) is 0 Å². The van der Waals surface area contributed by atoms with Crippen LogP contribution in [0.2, 0.25) is 10.0 Å². The van der Waals surface area contributed by atoms with Gasteiger partial charge in [-0.1, -0.05) is 52.7 Å². The van der Waals surface area contributed by atoms with Gasteiger partial charge in [-0.25, -0.2) is 9.38 Å². The second-order valence-electron chi connectivity index (χ2n) is 7.63. The lowest BCUT2D eigenvalue weighted by atomic mass is 10.1.